The molecule has 90 heavy (non-hydrogen) atoms. The predicted octanol–water partition coefficient (Wildman–Crippen LogP) is -10.0. The number of carboxylic acids is 1. The topological polar surface area (TPSA) is 628 Å². The van der Waals surface area contributed by atoms with Gasteiger partial charge in [0, 0.05) is 13.1 Å². The third-order valence-electron chi connectivity index (χ3n) is 13.7. The minimum atomic E-state index is -1.90. The van der Waals surface area contributed by atoms with Crippen molar-refractivity contribution in [2.75, 3.05) is 46.0 Å². The van der Waals surface area contributed by atoms with Gasteiger partial charge in [-0.2, -0.15) is 0 Å². The standard InChI is InChI=1S/C53H96N20O17/c1-25(2)20-33(69-42(80)29-13-9-17-60-29)45(83)63-27(5)40(78)68-34(21-38(55)77)46(84)64-28(6)41(79)73-39(26(3)4)50(88)66-30(12-7-8-16-54)43(81)65-31(14-10-18-61-52(56)57)44(82)70-36(23-75)48(86)72-37(24-76)49(87)71-35(22-74)47(85)67-32(51(89)90)15-11-19-62-53(58)59/h25-37,39,60,74-76H,7-24,54H2,1-6H3,(H2,55,77)(H,63,83)(H,64,84)(H,65,81)(H,66,88)(H,67,85)(H,68,78)(H,69,80)(H,70,82)(H,71,87)(H,72,86)(H,73,79)(H,89,90)(H4,56,57,61)(H4,58,59,62)/t27-,28-,29-,30-,31-,32-,33-,34-,35-,36-,37-,39-/m0/s1. The minimum Gasteiger partial charge on any atom is -0.480 e. The van der Waals surface area contributed by atoms with E-state index in [2.05, 4.69) is 73.8 Å². The van der Waals surface area contributed by atoms with Crippen LogP contribution in [-0.2, 0) is 62.3 Å². The number of carbonyl (C=O) groups is 13. The molecule has 0 aliphatic carbocycles. The van der Waals surface area contributed by atoms with Crippen molar-refractivity contribution in [3.63, 3.8) is 0 Å². The number of guanidine groups is 2. The summed E-state index contributed by atoms with van der Waals surface area (Å²) in [5.74, 6) is -14.5. The van der Waals surface area contributed by atoms with Crippen LogP contribution in [0.1, 0.15) is 112 Å². The maximum absolute atomic E-state index is 14.2. The molecule has 0 aromatic heterocycles. The van der Waals surface area contributed by atoms with E-state index in [0.29, 0.717) is 19.4 Å². The molecule has 0 bridgehead atoms. The lowest BCUT2D eigenvalue weighted by Gasteiger charge is -2.28. The molecule has 28 N–H and O–H groups in total. The number of primary amides is 1. The van der Waals surface area contributed by atoms with Crippen LogP contribution in [0.25, 0.3) is 0 Å². The first-order valence-electron chi connectivity index (χ1n) is 29.5. The molecule has 0 spiro atoms. The quantitative estimate of drug-likeness (QED) is 0.0153. The fourth-order valence-corrected chi connectivity index (χ4v) is 8.66. The van der Waals surface area contributed by atoms with Gasteiger partial charge in [0.2, 0.25) is 70.9 Å². The minimum absolute atomic E-state index is 0.0107. The largest absolute Gasteiger partial charge is 0.480 e. The molecule has 1 fully saturated rings. The zero-order chi connectivity index (χ0) is 68.4. The molecule has 37 nitrogen and oxygen atoms in total. The van der Waals surface area contributed by atoms with Crippen LogP contribution >= 0.6 is 0 Å². The van der Waals surface area contributed by atoms with Gasteiger partial charge in [-0.25, -0.2) is 4.79 Å². The van der Waals surface area contributed by atoms with Gasteiger partial charge in [0.25, 0.3) is 0 Å². The van der Waals surface area contributed by atoms with E-state index in [1.807, 2.05) is 13.8 Å². The number of nitrogens with zero attached hydrogens (tertiary/aromatic N) is 2. The second kappa shape index (κ2) is 41.6. The molecule has 0 saturated carbocycles. The molecule has 0 aromatic carbocycles. The lowest BCUT2D eigenvalue weighted by Crippen LogP contribution is -2.62. The zero-order valence-electron chi connectivity index (χ0n) is 51.8. The van der Waals surface area contributed by atoms with Crippen LogP contribution in [-0.4, -0.2) is 228 Å². The second-order valence-corrected chi connectivity index (χ2v) is 22.2. The molecule has 0 radical (unpaired) electrons. The number of aliphatic hydroxyl groups excluding tert-OH is 3. The van der Waals surface area contributed by atoms with Crippen LogP contribution in [0.5, 0.6) is 0 Å². The van der Waals surface area contributed by atoms with Crippen molar-refractivity contribution in [2.45, 2.75) is 185 Å². The Morgan fingerprint density at radius 1 is 0.467 bits per heavy atom. The van der Waals surface area contributed by atoms with E-state index in [1.165, 1.54) is 13.8 Å². The molecule has 12 atom stereocenters. The van der Waals surface area contributed by atoms with Crippen LogP contribution in [0.2, 0.25) is 0 Å². The van der Waals surface area contributed by atoms with E-state index in [1.54, 1.807) is 13.8 Å². The number of unbranched alkanes of at least 4 members (excludes halogenated alkanes) is 1. The van der Waals surface area contributed by atoms with Crippen molar-refractivity contribution >= 4 is 88.8 Å². The lowest BCUT2D eigenvalue weighted by molar-refractivity contribution is -0.143. The maximum Gasteiger partial charge on any atom is 0.326 e. The van der Waals surface area contributed by atoms with Crippen molar-refractivity contribution in [3.8, 4) is 0 Å². The van der Waals surface area contributed by atoms with Crippen LogP contribution in [0.15, 0.2) is 9.98 Å². The smallest absolute Gasteiger partial charge is 0.326 e. The molecule has 1 aliphatic rings. The van der Waals surface area contributed by atoms with Crippen molar-refractivity contribution < 1.29 is 82.8 Å². The van der Waals surface area contributed by atoms with E-state index >= 15 is 0 Å². The Kier molecular flexibility index (Phi) is 36.8. The average molecular weight is 1290 g/mol. The molecule has 1 rings (SSSR count). The molecule has 12 amide bonds. The van der Waals surface area contributed by atoms with Crippen molar-refractivity contribution in [1.29, 1.82) is 0 Å². The maximum atomic E-state index is 14.2. The Morgan fingerprint density at radius 2 is 0.856 bits per heavy atom. The van der Waals surface area contributed by atoms with Gasteiger partial charge in [-0.3, -0.25) is 67.5 Å². The predicted molar refractivity (Wildman–Crippen MR) is 323 cm³/mol. The van der Waals surface area contributed by atoms with Gasteiger partial charge < -0.3 is 119 Å². The molecule has 0 aromatic rings. The Balaban J connectivity index is 3.29. The van der Waals surface area contributed by atoms with Crippen molar-refractivity contribution in [2.24, 2.45) is 56.2 Å². The summed E-state index contributed by atoms with van der Waals surface area (Å²) in [6, 6.07) is -17.5. The first-order chi connectivity index (χ1) is 42.3. The third kappa shape index (κ3) is 30.1. The highest BCUT2D eigenvalue weighted by atomic mass is 16.4. The summed E-state index contributed by atoms with van der Waals surface area (Å²) < 4.78 is 0. The van der Waals surface area contributed by atoms with Gasteiger partial charge >= 0.3 is 5.97 Å². The van der Waals surface area contributed by atoms with E-state index in [4.69, 9.17) is 34.4 Å². The van der Waals surface area contributed by atoms with E-state index < -0.39 is 176 Å². The monoisotopic (exact) mass is 1280 g/mol. The van der Waals surface area contributed by atoms with Crippen molar-refractivity contribution in [1.82, 2.24) is 63.8 Å². The van der Waals surface area contributed by atoms with E-state index in [0.717, 1.165) is 6.42 Å². The Labute approximate surface area is 520 Å². The van der Waals surface area contributed by atoms with Crippen LogP contribution in [0.4, 0.5) is 0 Å². The van der Waals surface area contributed by atoms with E-state index in [-0.39, 0.29) is 88.3 Å². The van der Waals surface area contributed by atoms with Crippen molar-refractivity contribution in [3.05, 3.63) is 0 Å². The Morgan fingerprint density at radius 3 is 1.26 bits per heavy atom. The molecule has 0 unspecified atom stereocenters. The highest BCUT2D eigenvalue weighted by molar-refractivity contribution is 6.00. The molecule has 1 aliphatic heterocycles. The summed E-state index contributed by atoms with van der Waals surface area (Å²) in [7, 11) is 0. The first-order valence-corrected chi connectivity index (χ1v) is 29.5. The number of amides is 12. The summed E-state index contributed by atoms with van der Waals surface area (Å²) in [5, 5.41) is 69.0. The second-order valence-electron chi connectivity index (χ2n) is 22.2. The number of carboxylic acid groups (broad SMARTS) is 1. The van der Waals surface area contributed by atoms with E-state index in [9.17, 15) is 82.8 Å². The summed E-state index contributed by atoms with van der Waals surface area (Å²) in [6.45, 7) is 6.71. The third-order valence-corrected chi connectivity index (χ3v) is 13.7. The number of carbonyl (C=O) groups excluding carboxylic acids is 12. The highest BCUT2D eigenvalue weighted by Gasteiger charge is 2.37. The molecular formula is C53H96N20O17. The fourth-order valence-electron chi connectivity index (χ4n) is 8.66. The van der Waals surface area contributed by atoms with Gasteiger partial charge in [0.1, 0.15) is 66.5 Å². The lowest BCUT2D eigenvalue weighted by atomic mass is 10.0. The molecule has 1 heterocycles. The van der Waals surface area contributed by atoms with Gasteiger partial charge in [0.15, 0.2) is 11.9 Å². The van der Waals surface area contributed by atoms with Gasteiger partial charge in [-0.15, -0.1) is 0 Å². The number of aliphatic carboxylic acids is 1. The molecular weight excluding hydrogens is 1190 g/mol. The van der Waals surface area contributed by atoms with Crippen LogP contribution in [0.3, 0.4) is 0 Å². The molecule has 1 saturated heterocycles. The first kappa shape index (κ1) is 79.5. The number of aliphatic imine (C=N–C) groups is 2. The molecule has 37 heteroatoms. The van der Waals surface area contributed by atoms with Crippen LogP contribution < -0.4 is 98.2 Å². The number of nitrogens with one attached hydrogen (secondary N) is 12. The van der Waals surface area contributed by atoms with Gasteiger partial charge in [0.05, 0.1) is 32.3 Å². The summed E-state index contributed by atoms with van der Waals surface area (Å²) >= 11 is 0. The summed E-state index contributed by atoms with van der Waals surface area (Å²) in [5.41, 5.74) is 32.6. The SMILES string of the molecule is CC(C)C[C@H](NC(=O)[C@@H]1CCCN1)C(=O)N[C@@H](C)C(=O)N[C@@H](CC(N)=O)C(=O)N[C@@H](C)C(=O)N[C@H](C(=O)N[C@@H](CCCCN)C(=O)N[C@@H](CCCN=C(N)N)C(=O)N[C@@H](CO)C(=O)N[C@@H](CO)C(=O)N[C@@H](CO)C(=O)N[C@@H](CCCN=C(N)N)C(=O)O)C(C)C. The normalized spacial score (nSPS) is 16.4. The van der Waals surface area contributed by atoms with Gasteiger partial charge in [-0.05, 0) is 103 Å². The fraction of sp³-hybridized carbons (Fsp3) is 0.717. The Bertz CT molecular complexity index is 2490. The Hall–Kier alpha value is -8.55. The average Bonchev–Trinajstić information content (AvgIpc) is 2.02. The number of aliphatic hydroxyl groups is 3. The summed E-state index contributed by atoms with van der Waals surface area (Å²) in [4.78, 5) is 180. The molecule has 510 valence electrons. The number of nitrogens with two attached hydrogens (primary N) is 6. The van der Waals surface area contributed by atoms with Gasteiger partial charge in [-0.1, -0.05) is 27.7 Å². The van der Waals surface area contributed by atoms with Crippen LogP contribution in [0, 0.1) is 11.8 Å². The number of hydrogen-bond acceptors (Lipinski definition) is 20. The highest BCUT2D eigenvalue weighted by Crippen LogP contribution is 2.12. The number of hydrogen-bond donors (Lipinski definition) is 22. The zero-order valence-corrected chi connectivity index (χ0v) is 51.8. The number of rotatable bonds is 43. The summed E-state index contributed by atoms with van der Waals surface area (Å²) in [6.07, 6.45) is 1.06.